The van der Waals surface area contributed by atoms with Gasteiger partial charge in [-0.2, -0.15) is 5.10 Å². The van der Waals surface area contributed by atoms with E-state index in [1.165, 1.54) is 24.2 Å². The van der Waals surface area contributed by atoms with Gasteiger partial charge in [-0.1, -0.05) is 0 Å². The van der Waals surface area contributed by atoms with Gasteiger partial charge in [0.15, 0.2) is 11.5 Å². The number of rotatable bonds is 9. The number of halogens is 1. The molecule has 0 spiro atoms. The summed E-state index contributed by atoms with van der Waals surface area (Å²) in [6, 6.07) is 3.80. The number of hydrazone groups is 1. The Morgan fingerprint density at radius 2 is 2.17 bits per heavy atom. The average Bonchev–Trinajstić information content (AvgIpc) is 3.36. The highest BCUT2D eigenvalue weighted by Crippen LogP contribution is 2.35. The number of benzene rings is 1. The van der Waals surface area contributed by atoms with Crippen molar-refractivity contribution < 1.29 is 19.0 Å². The van der Waals surface area contributed by atoms with Crippen LogP contribution in [0.5, 0.6) is 11.5 Å². The molecular formula is C20H24BrN3O4S. The second-order valence-corrected chi connectivity index (χ2v) is 8.26. The van der Waals surface area contributed by atoms with Gasteiger partial charge in [-0.05, 0) is 60.7 Å². The van der Waals surface area contributed by atoms with E-state index in [2.05, 4.69) is 31.4 Å². The number of esters is 1. The van der Waals surface area contributed by atoms with Crippen LogP contribution in [0.4, 0.5) is 5.13 Å². The molecule has 0 unspecified atom stereocenters. The van der Waals surface area contributed by atoms with Gasteiger partial charge in [0.1, 0.15) is 0 Å². The first-order valence-corrected chi connectivity index (χ1v) is 11.2. The summed E-state index contributed by atoms with van der Waals surface area (Å²) >= 11 is 4.95. The monoisotopic (exact) mass is 481 g/mol. The Hall–Kier alpha value is -2.13. The van der Waals surface area contributed by atoms with Gasteiger partial charge in [-0.25, -0.2) is 4.98 Å². The van der Waals surface area contributed by atoms with E-state index in [9.17, 15) is 4.79 Å². The van der Waals surface area contributed by atoms with E-state index < -0.39 is 0 Å². The summed E-state index contributed by atoms with van der Waals surface area (Å²) in [7, 11) is 1.63. The fraction of sp³-hybridized carbons (Fsp3) is 0.450. The molecule has 0 radical (unpaired) electrons. The van der Waals surface area contributed by atoms with Crippen molar-refractivity contribution >= 4 is 44.6 Å². The highest BCUT2D eigenvalue weighted by molar-refractivity contribution is 9.10. The summed E-state index contributed by atoms with van der Waals surface area (Å²) in [5, 5.41) is 6.65. The quantitative estimate of drug-likeness (QED) is 0.315. The minimum atomic E-state index is -0.288. The summed E-state index contributed by atoms with van der Waals surface area (Å²) in [4.78, 5) is 15.8. The number of ether oxygens (including phenoxy) is 3. The van der Waals surface area contributed by atoms with Gasteiger partial charge < -0.3 is 14.2 Å². The molecule has 0 amide bonds. The third-order valence-electron chi connectivity index (χ3n) is 4.43. The largest absolute Gasteiger partial charge is 0.493 e. The lowest BCUT2D eigenvalue weighted by Crippen LogP contribution is -2.11. The van der Waals surface area contributed by atoms with E-state index in [0.717, 1.165) is 28.6 Å². The number of methoxy groups -OCH3 is 1. The molecule has 7 nitrogen and oxygen atoms in total. The topological polar surface area (TPSA) is 82.0 Å². The van der Waals surface area contributed by atoms with Gasteiger partial charge in [0.05, 0.1) is 38.1 Å². The molecule has 2 aromatic rings. The van der Waals surface area contributed by atoms with Crippen LogP contribution in [-0.2, 0) is 16.0 Å². The number of nitrogens with one attached hydrogen (secondary N) is 1. The van der Waals surface area contributed by atoms with E-state index in [1.807, 2.05) is 17.5 Å². The maximum Gasteiger partial charge on any atom is 0.311 e. The second kappa shape index (κ2) is 10.6. The van der Waals surface area contributed by atoms with Crippen molar-refractivity contribution in [2.75, 3.05) is 19.1 Å². The summed E-state index contributed by atoms with van der Waals surface area (Å²) in [6.07, 6.45) is 6.68. The van der Waals surface area contributed by atoms with Gasteiger partial charge in [0.25, 0.3) is 0 Å². The highest BCUT2D eigenvalue weighted by atomic mass is 79.9. The Morgan fingerprint density at radius 1 is 1.38 bits per heavy atom. The Balaban J connectivity index is 1.62. The zero-order valence-corrected chi connectivity index (χ0v) is 18.8. The fourth-order valence-electron chi connectivity index (χ4n) is 3.04. The lowest BCUT2D eigenvalue weighted by Gasteiger charge is -2.17. The maximum atomic E-state index is 11.5. The average molecular weight is 482 g/mol. The molecule has 0 atom stereocenters. The van der Waals surface area contributed by atoms with Crippen LogP contribution >= 0.6 is 27.3 Å². The lowest BCUT2D eigenvalue weighted by molar-refractivity contribution is -0.142. The molecule has 1 N–H and O–H groups in total. The standard InChI is InChI=1S/C20H24BrN3O4S/c1-3-27-19(25)9-14-12-29-20(23-14)24-22-11-13-8-17(26-2)18(10-16(13)21)28-15-6-4-5-7-15/h8,10-12,15H,3-7,9H2,1-2H3,(H,23,24). The van der Waals surface area contributed by atoms with Crippen LogP contribution in [0.1, 0.15) is 43.9 Å². The molecule has 1 aliphatic rings. The number of carbonyl (C=O) groups excluding carboxylic acids is 1. The van der Waals surface area contributed by atoms with Gasteiger partial charge >= 0.3 is 5.97 Å². The molecule has 29 heavy (non-hydrogen) atoms. The van der Waals surface area contributed by atoms with Crippen LogP contribution in [0, 0.1) is 0 Å². The van der Waals surface area contributed by atoms with Gasteiger partial charge in [0.2, 0.25) is 5.13 Å². The van der Waals surface area contributed by atoms with Crippen molar-refractivity contribution in [3.05, 3.63) is 33.2 Å². The Bertz CT molecular complexity index is 865. The third-order valence-corrected chi connectivity index (χ3v) is 5.91. The molecule has 1 fully saturated rings. The van der Waals surface area contributed by atoms with E-state index >= 15 is 0 Å². The zero-order valence-electron chi connectivity index (χ0n) is 16.4. The smallest absolute Gasteiger partial charge is 0.311 e. The molecule has 156 valence electrons. The molecule has 1 aromatic heterocycles. The van der Waals surface area contributed by atoms with Crippen molar-refractivity contribution in [2.24, 2.45) is 5.10 Å². The number of hydrogen-bond donors (Lipinski definition) is 1. The highest BCUT2D eigenvalue weighted by Gasteiger charge is 2.19. The van der Waals surface area contributed by atoms with Crippen molar-refractivity contribution in [2.45, 2.75) is 45.1 Å². The van der Waals surface area contributed by atoms with Crippen molar-refractivity contribution in [3.8, 4) is 11.5 Å². The van der Waals surface area contributed by atoms with Gasteiger partial charge in [0, 0.05) is 15.4 Å². The molecule has 1 aromatic carbocycles. The predicted molar refractivity (Wildman–Crippen MR) is 117 cm³/mol. The van der Waals surface area contributed by atoms with Crippen LogP contribution in [0.15, 0.2) is 27.1 Å². The second-order valence-electron chi connectivity index (χ2n) is 6.54. The first-order chi connectivity index (χ1) is 14.1. The number of anilines is 1. The van der Waals surface area contributed by atoms with Gasteiger partial charge in [-0.15, -0.1) is 11.3 Å². The van der Waals surface area contributed by atoms with Crippen molar-refractivity contribution in [3.63, 3.8) is 0 Å². The molecular weight excluding hydrogens is 458 g/mol. The van der Waals surface area contributed by atoms with Crippen LogP contribution in [0.2, 0.25) is 0 Å². The molecule has 0 aliphatic heterocycles. The van der Waals surface area contributed by atoms with E-state index in [0.29, 0.717) is 23.2 Å². The maximum absolute atomic E-state index is 11.5. The van der Waals surface area contributed by atoms with E-state index in [4.69, 9.17) is 14.2 Å². The van der Waals surface area contributed by atoms with Crippen molar-refractivity contribution in [1.29, 1.82) is 0 Å². The summed E-state index contributed by atoms with van der Waals surface area (Å²) in [5.41, 5.74) is 4.39. The number of hydrogen-bond acceptors (Lipinski definition) is 8. The summed E-state index contributed by atoms with van der Waals surface area (Å²) < 4.78 is 17.4. The summed E-state index contributed by atoms with van der Waals surface area (Å²) in [5.74, 6) is 1.12. The van der Waals surface area contributed by atoms with E-state index in [1.54, 1.807) is 20.2 Å². The Morgan fingerprint density at radius 3 is 2.90 bits per heavy atom. The molecule has 1 heterocycles. The van der Waals surface area contributed by atoms with Crippen molar-refractivity contribution in [1.82, 2.24) is 4.98 Å². The number of nitrogens with zero attached hydrogens (tertiary/aromatic N) is 2. The first-order valence-electron chi connectivity index (χ1n) is 9.52. The molecule has 0 saturated heterocycles. The van der Waals surface area contributed by atoms with Gasteiger partial charge in [-0.3, -0.25) is 10.2 Å². The first kappa shape index (κ1) is 21.6. The minimum absolute atomic E-state index is 0.154. The predicted octanol–water partition coefficient (Wildman–Crippen LogP) is 4.79. The molecule has 9 heteroatoms. The van der Waals surface area contributed by atoms with E-state index in [-0.39, 0.29) is 18.5 Å². The zero-order chi connectivity index (χ0) is 20.6. The number of carbonyl (C=O) groups is 1. The lowest BCUT2D eigenvalue weighted by atomic mass is 10.2. The number of thiazole rings is 1. The third kappa shape index (κ3) is 6.17. The fourth-order valence-corrected chi connectivity index (χ4v) is 4.13. The minimum Gasteiger partial charge on any atom is -0.493 e. The van der Waals surface area contributed by atoms with Crippen LogP contribution in [-0.4, -0.2) is 37.0 Å². The number of aromatic nitrogens is 1. The molecule has 1 aliphatic carbocycles. The SMILES string of the molecule is CCOC(=O)Cc1csc(NN=Cc2cc(OC)c(OC3CCCC3)cc2Br)n1. The van der Waals surface area contributed by atoms with Crippen LogP contribution in [0.25, 0.3) is 0 Å². The molecule has 3 rings (SSSR count). The molecule has 1 saturated carbocycles. The van der Waals surface area contributed by atoms with Crippen LogP contribution in [0.3, 0.4) is 0 Å². The normalized spacial score (nSPS) is 14.3. The summed E-state index contributed by atoms with van der Waals surface area (Å²) in [6.45, 7) is 2.14. The van der Waals surface area contributed by atoms with Crippen LogP contribution < -0.4 is 14.9 Å². The Labute approximate surface area is 182 Å². The Kier molecular flexibility index (Phi) is 7.88. The molecule has 0 bridgehead atoms.